The molecule has 0 bridgehead atoms. The first kappa shape index (κ1) is 77.2. The zero-order chi connectivity index (χ0) is 57.3. The third-order valence-corrected chi connectivity index (χ3v) is 16.5. The molecule has 0 radical (unpaired) electrons. The van der Waals surface area contributed by atoms with Crippen LogP contribution in [-0.2, 0) is 32.7 Å². The maximum atomic E-state index is 12.7. The molecule has 3 N–H and O–H groups in total. The van der Waals surface area contributed by atoms with Gasteiger partial charge in [-0.25, -0.2) is 4.57 Å². The summed E-state index contributed by atoms with van der Waals surface area (Å²) in [6.07, 6.45) is 81.1. The van der Waals surface area contributed by atoms with Gasteiger partial charge in [0, 0.05) is 19.4 Å². The van der Waals surface area contributed by atoms with E-state index in [9.17, 15) is 19.0 Å². The maximum absolute atomic E-state index is 12.7. The second-order valence-electron chi connectivity index (χ2n) is 23.4. The summed E-state index contributed by atoms with van der Waals surface area (Å²) >= 11 is 0. The Hall–Kier alpha value is -1.77. The molecule has 0 aromatic carbocycles. The molecule has 0 saturated heterocycles. The van der Waals surface area contributed by atoms with Crippen LogP contribution in [0.25, 0.3) is 0 Å². The van der Waals surface area contributed by atoms with Crippen LogP contribution >= 0.6 is 7.82 Å². The Morgan fingerprint density at radius 1 is 0.380 bits per heavy atom. The highest BCUT2D eigenvalue weighted by Gasteiger charge is 2.26. The van der Waals surface area contributed by atoms with Gasteiger partial charge in [-0.1, -0.05) is 314 Å². The van der Waals surface area contributed by atoms with Crippen LogP contribution in [0.3, 0.4) is 0 Å². The van der Waals surface area contributed by atoms with Gasteiger partial charge in [-0.15, -0.1) is 0 Å². The van der Waals surface area contributed by atoms with Crippen molar-refractivity contribution in [3.8, 4) is 0 Å². The summed E-state index contributed by atoms with van der Waals surface area (Å²) in [5.41, 5.74) is 5.39. The highest BCUT2D eigenvalue weighted by molar-refractivity contribution is 7.47. The van der Waals surface area contributed by atoms with Crippen molar-refractivity contribution in [1.29, 1.82) is 0 Å². The second-order valence-corrected chi connectivity index (χ2v) is 24.8. The number of hydrogen-bond donors (Lipinski definition) is 2. The molecule has 0 aromatic heterocycles. The van der Waals surface area contributed by atoms with E-state index in [1.807, 2.05) is 0 Å². The van der Waals surface area contributed by atoms with Crippen LogP contribution in [0.5, 0.6) is 0 Å². The monoisotopic (exact) mass is 1130 g/mol. The molecular weight excluding hydrogens is 1000 g/mol. The Morgan fingerprint density at radius 3 is 1.00 bits per heavy atom. The predicted molar refractivity (Wildman–Crippen MR) is 340 cm³/mol. The molecule has 0 aliphatic rings. The number of phosphoric acid groups is 1. The van der Waals surface area contributed by atoms with Crippen LogP contribution in [0.2, 0.25) is 0 Å². The van der Waals surface area contributed by atoms with E-state index in [4.69, 9.17) is 24.3 Å². The number of hydrogen-bond acceptors (Lipinski definition) is 8. The Labute approximate surface area is 490 Å². The summed E-state index contributed by atoms with van der Waals surface area (Å²) in [6, 6.07) is 0. The number of rotatable bonds is 66. The zero-order valence-corrected chi connectivity index (χ0v) is 53.3. The normalized spacial score (nSPS) is 13.1. The molecule has 0 heterocycles. The molecule has 9 nitrogen and oxygen atoms in total. The molecule has 0 aliphatic heterocycles. The number of esters is 2. The number of unbranched alkanes of at least 4 members (excludes halogenated alkanes) is 47. The molecule has 0 amide bonds. The van der Waals surface area contributed by atoms with E-state index >= 15 is 0 Å². The van der Waals surface area contributed by atoms with Crippen molar-refractivity contribution in [3.63, 3.8) is 0 Å². The number of nitrogens with two attached hydrogens (primary N) is 1. The highest BCUT2D eigenvalue weighted by Crippen LogP contribution is 2.43. The van der Waals surface area contributed by atoms with Gasteiger partial charge >= 0.3 is 19.8 Å². The molecule has 0 aliphatic carbocycles. The first-order valence-corrected chi connectivity index (χ1v) is 36.0. The first-order valence-electron chi connectivity index (χ1n) is 34.5. The Morgan fingerprint density at radius 2 is 0.658 bits per heavy atom. The molecule has 0 rings (SSSR count). The van der Waals surface area contributed by atoms with E-state index in [1.165, 1.54) is 276 Å². The van der Waals surface area contributed by atoms with E-state index in [2.05, 4.69) is 50.3 Å². The maximum Gasteiger partial charge on any atom is 0.472 e. The van der Waals surface area contributed by atoms with Crippen LogP contribution in [0.1, 0.15) is 361 Å². The van der Waals surface area contributed by atoms with Gasteiger partial charge in [-0.05, 0) is 70.6 Å². The van der Waals surface area contributed by atoms with Crippen molar-refractivity contribution in [1.82, 2.24) is 0 Å². The fourth-order valence-corrected chi connectivity index (χ4v) is 11.1. The van der Waals surface area contributed by atoms with Crippen molar-refractivity contribution in [3.05, 3.63) is 36.5 Å². The third kappa shape index (κ3) is 65.3. The van der Waals surface area contributed by atoms with E-state index in [0.717, 1.165) is 51.4 Å². The molecule has 0 fully saturated rings. The molecule has 0 saturated carbocycles. The Balaban J connectivity index is 3.74. The number of phosphoric ester groups is 1. The van der Waals surface area contributed by atoms with Crippen molar-refractivity contribution in [2.45, 2.75) is 367 Å². The van der Waals surface area contributed by atoms with E-state index < -0.39 is 26.5 Å². The van der Waals surface area contributed by atoms with Gasteiger partial charge in [0.25, 0.3) is 0 Å². The van der Waals surface area contributed by atoms with E-state index in [1.54, 1.807) is 0 Å². The van der Waals surface area contributed by atoms with Crippen LogP contribution < -0.4 is 5.73 Å². The molecule has 2 unspecified atom stereocenters. The minimum atomic E-state index is -4.39. The third-order valence-electron chi connectivity index (χ3n) is 15.5. The summed E-state index contributed by atoms with van der Waals surface area (Å²) in [4.78, 5) is 35.3. The van der Waals surface area contributed by atoms with Gasteiger partial charge in [0.15, 0.2) is 6.10 Å². The van der Waals surface area contributed by atoms with Gasteiger partial charge in [-0.3, -0.25) is 18.6 Å². The van der Waals surface area contributed by atoms with Gasteiger partial charge < -0.3 is 20.1 Å². The number of carbonyl (C=O) groups excluding carboxylic acids is 2. The molecule has 0 aromatic rings. The topological polar surface area (TPSA) is 134 Å². The lowest BCUT2D eigenvalue weighted by molar-refractivity contribution is -0.161. The lowest BCUT2D eigenvalue weighted by Crippen LogP contribution is -2.29. The van der Waals surface area contributed by atoms with E-state index in [-0.39, 0.29) is 38.6 Å². The molecule has 0 spiro atoms. The smallest absolute Gasteiger partial charge is 0.462 e. The summed E-state index contributed by atoms with van der Waals surface area (Å²) in [5.74, 6) is -0.815. The molecular formula is C69H132NO8P. The zero-order valence-electron chi connectivity index (χ0n) is 52.4. The molecule has 466 valence electrons. The van der Waals surface area contributed by atoms with Crippen LogP contribution in [0, 0.1) is 0 Å². The molecule has 79 heavy (non-hydrogen) atoms. The van der Waals surface area contributed by atoms with Gasteiger partial charge in [0.1, 0.15) is 6.61 Å². The van der Waals surface area contributed by atoms with Crippen molar-refractivity contribution in [2.24, 2.45) is 5.73 Å². The highest BCUT2D eigenvalue weighted by atomic mass is 31.2. The lowest BCUT2D eigenvalue weighted by atomic mass is 10.0. The van der Waals surface area contributed by atoms with Crippen molar-refractivity contribution < 1.29 is 37.6 Å². The van der Waals surface area contributed by atoms with Crippen LogP contribution in [0.15, 0.2) is 36.5 Å². The standard InChI is InChI=1S/C69H132NO8P/c1-3-5-7-9-11-13-15-17-19-21-23-24-25-26-27-28-29-30-31-32-33-34-35-36-37-38-39-40-41-42-44-45-47-49-51-53-55-57-59-61-68(71)75-65-67(66-77-79(73,74)76-64-63-70)78-69(72)62-60-58-56-54-52-50-48-46-43-22-20-18-16-14-12-10-8-6-4-2/h12,14,18,20-21,23,67H,3-11,13,15-17,19,22,24-66,70H2,1-2H3,(H,73,74)/b14-12-,20-18-,23-21-. The average molecular weight is 1130 g/mol. The fourth-order valence-electron chi connectivity index (χ4n) is 10.4. The predicted octanol–water partition coefficient (Wildman–Crippen LogP) is 22.3. The van der Waals surface area contributed by atoms with Crippen molar-refractivity contribution >= 4 is 19.8 Å². The van der Waals surface area contributed by atoms with Crippen LogP contribution in [0.4, 0.5) is 0 Å². The SMILES string of the molecule is CCCCC/C=C\C/C=C\CCCCCCCCCCCC(=O)OC(COC(=O)CCCCCCCCCCCCCCCCCCCCCCCCCCCCC/C=C\CCCCCCCCCC)COP(=O)(O)OCCN. The minimum absolute atomic E-state index is 0.0543. The van der Waals surface area contributed by atoms with Crippen LogP contribution in [-0.4, -0.2) is 49.3 Å². The minimum Gasteiger partial charge on any atom is -0.462 e. The molecule has 2 atom stereocenters. The summed E-state index contributed by atoms with van der Waals surface area (Å²) in [6.45, 7) is 3.77. The largest absolute Gasteiger partial charge is 0.472 e. The Bertz CT molecular complexity index is 1390. The summed E-state index contributed by atoms with van der Waals surface area (Å²) in [5, 5.41) is 0. The first-order chi connectivity index (χ1) is 38.8. The quantitative estimate of drug-likeness (QED) is 0.0264. The number of ether oxygens (including phenoxy) is 2. The number of allylic oxidation sites excluding steroid dienone is 6. The molecule has 10 heteroatoms. The summed E-state index contributed by atoms with van der Waals surface area (Å²) in [7, 11) is -4.39. The summed E-state index contributed by atoms with van der Waals surface area (Å²) < 4.78 is 33.1. The van der Waals surface area contributed by atoms with Crippen molar-refractivity contribution in [2.75, 3.05) is 26.4 Å². The van der Waals surface area contributed by atoms with Gasteiger partial charge in [0.2, 0.25) is 0 Å². The number of carbonyl (C=O) groups is 2. The van der Waals surface area contributed by atoms with E-state index in [0.29, 0.717) is 6.42 Å². The fraction of sp³-hybridized carbons (Fsp3) is 0.884. The average Bonchev–Trinajstić information content (AvgIpc) is 3.44. The van der Waals surface area contributed by atoms with Gasteiger partial charge in [-0.2, -0.15) is 0 Å². The lowest BCUT2D eigenvalue weighted by Gasteiger charge is -2.19. The van der Waals surface area contributed by atoms with Gasteiger partial charge in [0.05, 0.1) is 13.2 Å². The second kappa shape index (κ2) is 65.4. The Kier molecular flexibility index (Phi) is 63.9.